The highest BCUT2D eigenvalue weighted by Crippen LogP contribution is 2.20. The van der Waals surface area contributed by atoms with E-state index in [9.17, 15) is 14.0 Å². The molecule has 0 aliphatic heterocycles. The maximum absolute atomic E-state index is 13.7. The molecule has 0 aromatic heterocycles. The van der Waals surface area contributed by atoms with E-state index >= 15 is 0 Å². The molecule has 0 spiro atoms. The molecular weight excluding hydrogens is 241 g/mol. The highest BCUT2D eigenvalue weighted by Gasteiger charge is 2.16. The summed E-state index contributed by atoms with van der Waals surface area (Å²) in [6, 6.07) is 3.95. The van der Waals surface area contributed by atoms with E-state index in [-0.39, 0.29) is 25.4 Å². The van der Waals surface area contributed by atoms with E-state index in [0.717, 1.165) is 11.0 Å². The standard InChI is InChI=1S/C11H14FN3O3/c12-8-3-7(6-16)1-2-9(8)15(4-10(13)17)5-11(14)18/h1-3,16H,4-6H2,(H2,13,17)(H2,14,18). The zero-order valence-corrected chi connectivity index (χ0v) is 9.60. The van der Waals surface area contributed by atoms with Crippen LogP contribution in [0, 0.1) is 5.82 Å². The van der Waals surface area contributed by atoms with Crippen LogP contribution < -0.4 is 16.4 Å². The molecule has 0 bridgehead atoms. The van der Waals surface area contributed by atoms with Crippen molar-refractivity contribution in [3.63, 3.8) is 0 Å². The smallest absolute Gasteiger partial charge is 0.236 e. The first kappa shape index (κ1) is 13.9. The van der Waals surface area contributed by atoms with E-state index in [4.69, 9.17) is 16.6 Å². The van der Waals surface area contributed by atoms with E-state index < -0.39 is 17.6 Å². The third kappa shape index (κ3) is 3.70. The first-order valence-corrected chi connectivity index (χ1v) is 5.15. The molecule has 0 aliphatic carbocycles. The van der Waals surface area contributed by atoms with Crippen LogP contribution in [0.2, 0.25) is 0 Å². The summed E-state index contributed by atoms with van der Waals surface area (Å²) in [5, 5.41) is 8.85. The van der Waals surface area contributed by atoms with Gasteiger partial charge >= 0.3 is 0 Å². The Morgan fingerprint density at radius 2 is 1.78 bits per heavy atom. The summed E-state index contributed by atoms with van der Waals surface area (Å²) in [4.78, 5) is 22.9. The van der Waals surface area contributed by atoms with Gasteiger partial charge < -0.3 is 21.5 Å². The third-order valence-corrected chi connectivity index (χ3v) is 2.23. The van der Waals surface area contributed by atoms with Crippen LogP contribution in [0.25, 0.3) is 0 Å². The van der Waals surface area contributed by atoms with Gasteiger partial charge in [0.2, 0.25) is 11.8 Å². The van der Waals surface area contributed by atoms with E-state index in [2.05, 4.69) is 0 Å². The highest BCUT2D eigenvalue weighted by molar-refractivity contribution is 5.84. The van der Waals surface area contributed by atoms with E-state index in [0.29, 0.717) is 5.56 Å². The monoisotopic (exact) mass is 255 g/mol. The molecule has 1 aromatic rings. The minimum absolute atomic E-state index is 0.0322. The van der Waals surface area contributed by atoms with Crippen LogP contribution in [0.1, 0.15) is 5.56 Å². The lowest BCUT2D eigenvalue weighted by atomic mass is 10.2. The average molecular weight is 255 g/mol. The molecule has 0 aliphatic rings. The van der Waals surface area contributed by atoms with Crippen molar-refractivity contribution in [3.8, 4) is 0 Å². The van der Waals surface area contributed by atoms with Crippen LogP contribution >= 0.6 is 0 Å². The number of anilines is 1. The van der Waals surface area contributed by atoms with Crippen LogP contribution in [-0.2, 0) is 16.2 Å². The van der Waals surface area contributed by atoms with Crippen molar-refractivity contribution in [1.29, 1.82) is 0 Å². The number of carbonyl (C=O) groups excluding carboxylic acids is 2. The normalized spacial score (nSPS) is 10.1. The molecule has 1 aromatic carbocycles. The van der Waals surface area contributed by atoms with Gasteiger partial charge in [0.1, 0.15) is 5.82 Å². The molecule has 5 N–H and O–H groups in total. The lowest BCUT2D eigenvalue weighted by Crippen LogP contribution is -2.40. The first-order valence-electron chi connectivity index (χ1n) is 5.15. The maximum atomic E-state index is 13.7. The van der Waals surface area contributed by atoms with Crippen LogP contribution in [0.5, 0.6) is 0 Å². The zero-order chi connectivity index (χ0) is 13.7. The summed E-state index contributed by atoms with van der Waals surface area (Å²) in [7, 11) is 0. The zero-order valence-electron chi connectivity index (χ0n) is 9.60. The first-order chi connectivity index (χ1) is 8.43. The summed E-state index contributed by atoms with van der Waals surface area (Å²) in [6.07, 6.45) is 0. The number of hydrogen-bond donors (Lipinski definition) is 3. The second-order valence-corrected chi connectivity index (χ2v) is 3.73. The van der Waals surface area contributed by atoms with Gasteiger partial charge in [0.25, 0.3) is 0 Å². The van der Waals surface area contributed by atoms with Crippen molar-refractivity contribution < 1.29 is 19.1 Å². The molecule has 7 heteroatoms. The van der Waals surface area contributed by atoms with Gasteiger partial charge in [-0.25, -0.2) is 4.39 Å². The minimum atomic E-state index is -0.707. The number of primary amides is 2. The summed E-state index contributed by atoms with van der Waals surface area (Å²) in [5.74, 6) is -2.08. The van der Waals surface area contributed by atoms with Gasteiger partial charge in [0.05, 0.1) is 25.4 Å². The van der Waals surface area contributed by atoms with E-state index in [1.807, 2.05) is 0 Å². The Bertz CT molecular complexity index is 449. The van der Waals surface area contributed by atoms with E-state index in [1.54, 1.807) is 0 Å². The Balaban J connectivity index is 3.03. The minimum Gasteiger partial charge on any atom is -0.392 e. The Morgan fingerprint density at radius 3 is 2.17 bits per heavy atom. The maximum Gasteiger partial charge on any atom is 0.236 e. The fourth-order valence-electron chi connectivity index (χ4n) is 1.51. The summed E-state index contributed by atoms with van der Waals surface area (Å²) >= 11 is 0. The molecule has 1 rings (SSSR count). The third-order valence-electron chi connectivity index (χ3n) is 2.23. The summed E-state index contributed by atoms with van der Waals surface area (Å²) in [6.45, 7) is -0.945. The number of amides is 2. The van der Waals surface area contributed by atoms with Gasteiger partial charge in [-0.1, -0.05) is 6.07 Å². The van der Waals surface area contributed by atoms with Gasteiger partial charge in [0, 0.05) is 0 Å². The molecule has 0 atom stereocenters. The average Bonchev–Trinajstić information content (AvgIpc) is 2.26. The van der Waals surface area contributed by atoms with Gasteiger partial charge in [-0.2, -0.15) is 0 Å². The number of benzene rings is 1. The van der Waals surface area contributed by atoms with Gasteiger partial charge in [-0.05, 0) is 17.7 Å². The molecule has 6 nitrogen and oxygen atoms in total. The number of aliphatic hydroxyl groups is 1. The van der Waals surface area contributed by atoms with Gasteiger partial charge in [-0.3, -0.25) is 9.59 Å². The molecule has 0 radical (unpaired) electrons. The molecule has 18 heavy (non-hydrogen) atoms. The van der Waals surface area contributed by atoms with E-state index in [1.165, 1.54) is 12.1 Å². The lowest BCUT2D eigenvalue weighted by Gasteiger charge is -2.22. The van der Waals surface area contributed by atoms with Crippen LogP contribution in [0.3, 0.4) is 0 Å². The number of halogens is 1. The quantitative estimate of drug-likeness (QED) is 0.611. The number of carbonyl (C=O) groups is 2. The van der Waals surface area contributed by atoms with Crippen LogP contribution in [-0.4, -0.2) is 30.0 Å². The van der Waals surface area contributed by atoms with Crippen LogP contribution in [0.4, 0.5) is 10.1 Å². The topological polar surface area (TPSA) is 110 Å². The fraction of sp³-hybridized carbons (Fsp3) is 0.273. The number of nitrogens with two attached hydrogens (primary N) is 2. The molecule has 0 saturated heterocycles. The molecule has 98 valence electrons. The number of hydrogen-bond acceptors (Lipinski definition) is 4. The predicted molar refractivity (Wildman–Crippen MR) is 62.9 cm³/mol. The Kier molecular flexibility index (Phi) is 4.61. The predicted octanol–water partition coefficient (Wildman–Crippen LogP) is -0.905. The lowest BCUT2D eigenvalue weighted by molar-refractivity contribution is -0.117. The van der Waals surface area contributed by atoms with Crippen molar-refractivity contribution >= 4 is 17.5 Å². The molecule has 0 saturated carbocycles. The number of aliphatic hydroxyl groups excluding tert-OH is 1. The van der Waals surface area contributed by atoms with Crippen LogP contribution in [0.15, 0.2) is 18.2 Å². The Hall–Kier alpha value is -2.15. The van der Waals surface area contributed by atoms with Crippen molar-refractivity contribution in [1.82, 2.24) is 0 Å². The fourth-order valence-corrected chi connectivity index (χ4v) is 1.51. The molecule has 0 unspecified atom stereocenters. The summed E-state index contributed by atoms with van der Waals surface area (Å²) in [5.41, 5.74) is 10.5. The highest BCUT2D eigenvalue weighted by atomic mass is 19.1. The second kappa shape index (κ2) is 5.97. The molecule has 0 fully saturated rings. The molecule has 0 heterocycles. The second-order valence-electron chi connectivity index (χ2n) is 3.73. The largest absolute Gasteiger partial charge is 0.392 e. The van der Waals surface area contributed by atoms with Crippen molar-refractivity contribution in [2.24, 2.45) is 11.5 Å². The van der Waals surface area contributed by atoms with Gasteiger partial charge in [0.15, 0.2) is 0 Å². The number of rotatable bonds is 6. The Labute approximate surface area is 103 Å². The summed E-state index contributed by atoms with van der Waals surface area (Å²) < 4.78 is 13.7. The van der Waals surface area contributed by atoms with Crippen molar-refractivity contribution in [3.05, 3.63) is 29.6 Å². The number of nitrogens with zero attached hydrogens (tertiary/aromatic N) is 1. The van der Waals surface area contributed by atoms with Crippen molar-refractivity contribution in [2.75, 3.05) is 18.0 Å². The SMILES string of the molecule is NC(=O)CN(CC(N)=O)c1ccc(CO)cc1F. The van der Waals surface area contributed by atoms with Crippen molar-refractivity contribution in [2.45, 2.75) is 6.61 Å². The molecular formula is C11H14FN3O3. The molecule has 2 amide bonds. The Morgan fingerprint density at radius 1 is 1.22 bits per heavy atom. The van der Waals surface area contributed by atoms with Gasteiger partial charge in [-0.15, -0.1) is 0 Å².